The molecule has 1 aliphatic rings. The van der Waals surface area contributed by atoms with Gasteiger partial charge in [-0.25, -0.2) is 0 Å². The molecule has 198 valence electrons. The van der Waals surface area contributed by atoms with Crippen LogP contribution in [0.15, 0.2) is 164 Å². The first-order chi connectivity index (χ1) is 20.7. The van der Waals surface area contributed by atoms with E-state index in [1.165, 1.54) is 55.3 Å². The van der Waals surface area contributed by atoms with Crippen molar-refractivity contribution in [3.05, 3.63) is 191 Å². The molecule has 0 aromatic heterocycles. The van der Waals surface area contributed by atoms with Gasteiger partial charge in [-0.05, 0) is 84.6 Å². The van der Waals surface area contributed by atoms with Gasteiger partial charge in [-0.2, -0.15) is 0 Å². The second-order valence-electron chi connectivity index (χ2n) is 11.0. The Kier molecular flexibility index (Phi) is 5.84. The Morgan fingerprint density at radius 2 is 1.02 bits per heavy atom. The minimum atomic E-state index is -0.473. The maximum Gasteiger partial charge on any atom is 0.0714 e. The molecule has 7 aromatic rings. The number of hydrogen-bond acceptors (Lipinski definition) is 0. The predicted molar refractivity (Wildman–Crippen MR) is 177 cm³/mol. The fraction of sp³-hybridized carbons (Fsp3) is 0.0244. The van der Waals surface area contributed by atoms with E-state index in [0.717, 1.165) is 16.1 Å². The van der Waals surface area contributed by atoms with Gasteiger partial charge in [0.25, 0.3) is 0 Å². The van der Waals surface area contributed by atoms with Crippen LogP contribution in [0.4, 0.5) is 0 Å². The Bertz CT molecular complexity index is 2040. The van der Waals surface area contributed by atoms with E-state index in [1.807, 2.05) is 6.07 Å². The van der Waals surface area contributed by atoms with Crippen LogP contribution in [0.1, 0.15) is 22.3 Å². The summed E-state index contributed by atoms with van der Waals surface area (Å²) in [5.74, 6) is 0. The van der Waals surface area contributed by atoms with E-state index in [0.29, 0.717) is 0 Å². The van der Waals surface area contributed by atoms with Crippen LogP contribution in [-0.2, 0) is 5.41 Å². The fourth-order valence-electron chi connectivity index (χ4n) is 7.05. The largest absolute Gasteiger partial charge is 0.0843 e. The quantitative estimate of drug-likeness (QED) is 0.203. The summed E-state index contributed by atoms with van der Waals surface area (Å²) in [6.07, 6.45) is 0. The molecule has 0 amide bonds. The van der Waals surface area contributed by atoms with Gasteiger partial charge >= 0.3 is 0 Å². The average Bonchev–Trinajstić information content (AvgIpc) is 3.37. The summed E-state index contributed by atoms with van der Waals surface area (Å²) < 4.78 is 0. The minimum absolute atomic E-state index is 0.473. The Labute approximate surface area is 251 Å². The van der Waals surface area contributed by atoms with Crippen molar-refractivity contribution in [2.45, 2.75) is 5.41 Å². The van der Waals surface area contributed by atoms with Gasteiger partial charge in [-0.15, -0.1) is 0 Å². The van der Waals surface area contributed by atoms with Crippen molar-refractivity contribution >= 4 is 22.4 Å². The van der Waals surface area contributed by atoms with E-state index in [4.69, 9.17) is 11.6 Å². The molecule has 8 rings (SSSR count). The summed E-state index contributed by atoms with van der Waals surface area (Å²) in [6, 6.07) is 59.2. The molecule has 0 saturated carbocycles. The van der Waals surface area contributed by atoms with E-state index in [1.54, 1.807) is 0 Å². The Hall–Kier alpha value is -4.91. The van der Waals surface area contributed by atoms with Gasteiger partial charge in [0.2, 0.25) is 0 Å². The first-order valence-corrected chi connectivity index (χ1v) is 14.8. The summed E-state index contributed by atoms with van der Waals surface area (Å²) in [7, 11) is 0. The van der Waals surface area contributed by atoms with Crippen molar-refractivity contribution < 1.29 is 0 Å². The molecule has 42 heavy (non-hydrogen) atoms. The molecule has 1 heteroatoms. The van der Waals surface area contributed by atoms with Gasteiger partial charge in [0.15, 0.2) is 0 Å². The van der Waals surface area contributed by atoms with Crippen LogP contribution in [0.3, 0.4) is 0 Å². The summed E-state index contributed by atoms with van der Waals surface area (Å²) in [5.41, 5.74) is 11.9. The van der Waals surface area contributed by atoms with E-state index in [-0.39, 0.29) is 0 Å². The van der Waals surface area contributed by atoms with E-state index >= 15 is 0 Å². The van der Waals surface area contributed by atoms with Gasteiger partial charge in [-0.1, -0.05) is 157 Å². The number of benzene rings is 7. The SMILES string of the molecule is Clc1ccc(-c2ccccc2)c(-c2ccc3c(c2)C(c2ccccc2)(c2ccccc2)c2ccc4ccccc4c2-3)c1. The molecule has 0 spiro atoms. The highest BCUT2D eigenvalue weighted by atomic mass is 35.5. The highest BCUT2D eigenvalue weighted by Crippen LogP contribution is 2.58. The Morgan fingerprint density at radius 3 is 1.74 bits per heavy atom. The lowest BCUT2D eigenvalue weighted by molar-refractivity contribution is 0.769. The molecule has 1 aliphatic carbocycles. The summed E-state index contributed by atoms with van der Waals surface area (Å²) in [5, 5.41) is 3.27. The lowest BCUT2D eigenvalue weighted by Crippen LogP contribution is -2.28. The molecule has 0 nitrogen and oxygen atoms in total. The fourth-order valence-corrected chi connectivity index (χ4v) is 7.22. The maximum atomic E-state index is 6.66. The maximum absolute atomic E-state index is 6.66. The van der Waals surface area contributed by atoms with Gasteiger partial charge in [0.05, 0.1) is 5.41 Å². The van der Waals surface area contributed by atoms with Gasteiger partial charge in [0.1, 0.15) is 0 Å². The monoisotopic (exact) mass is 554 g/mol. The molecule has 0 saturated heterocycles. The van der Waals surface area contributed by atoms with Gasteiger partial charge in [-0.3, -0.25) is 0 Å². The van der Waals surface area contributed by atoms with Gasteiger partial charge < -0.3 is 0 Å². The molecular weight excluding hydrogens is 528 g/mol. The highest BCUT2D eigenvalue weighted by Gasteiger charge is 2.46. The summed E-state index contributed by atoms with van der Waals surface area (Å²) in [4.78, 5) is 0. The Balaban J connectivity index is 1.50. The van der Waals surface area contributed by atoms with Crippen molar-refractivity contribution in [2.75, 3.05) is 0 Å². The van der Waals surface area contributed by atoms with Crippen LogP contribution in [0.2, 0.25) is 5.02 Å². The van der Waals surface area contributed by atoms with Gasteiger partial charge in [0, 0.05) is 5.02 Å². The second kappa shape index (κ2) is 9.87. The third kappa shape index (κ3) is 3.69. The van der Waals surface area contributed by atoms with Crippen molar-refractivity contribution in [2.24, 2.45) is 0 Å². The smallest absolute Gasteiger partial charge is 0.0714 e. The lowest BCUT2D eigenvalue weighted by Gasteiger charge is -2.34. The second-order valence-corrected chi connectivity index (χ2v) is 11.4. The standard InChI is InChI=1S/C41H27Cl/c42-33-22-24-34(28-12-4-1-5-13-28)37(27-33)30-20-23-36-39(26-30)41(31-15-6-2-7-16-31,32-17-8-3-9-18-32)38-25-21-29-14-10-11-19-35(29)40(36)38/h1-27H. The van der Waals surface area contributed by atoms with Crippen molar-refractivity contribution in [1.29, 1.82) is 0 Å². The van der Waals surface area contributed by atoms with E-state index in [2.05, 4.69) is 158 Å². The van der Waals surface area contributed by atoms with Crippen molar-refractivity contribution in [1.82, 2.24) is 0 Å². The average molecular weight is 555 g/mol. The van der Waals surface area contributed by atoms with E-state index in [9.17, 15) is 0 Å². The van der Waals surface area contributed by atoms with Crippen LogP contribution in [0.5, 0.6) is 0 Å². The zero-order chi connectivity index (χ0) is 28.1. The Morgan fingerprint density at radius 1 is 0.405 bits per heavy atom. The minimum Gasteiger partial charge on any atom is -0.0843 e. The zero-order valence-corrected chi connectivity index (χ0v) is 23.7. The molecule has 0 N–H and O–H groups in total. The predicted octanol–water partition coefficient (Wildman–Crippen LogP) is 11.2. The first-order valence-electron chi connectivity index (χ1n) is 14.4. The molecule has 0 atom stereocenters. The molecule has 0 heterocycles. The molecule has 7 aromatic carbocycles. The number of halogens is 1. The zero-order valence-electron chi connectivity index (χ0n) is 23.0. The molecule has 0 bridgehead atoms. The lowest BCUT2D eigenvalue weighted by atomic mass is 9.67. The molecule has 0 fully saturated rings. The number of fused-ring (bicyclic) bond motifs is 5. The van der Waals surface area contributed by atoms with Crippen molar-refractivity contribution in [3.63, 3.8) is 0 Å². The van der Waals surface area contributed by atoms with Crippen LogP contribution >= 0.6 is 11.6 Å². The van der Waals surface area contributed by atoms with Crippen LogP contribution in [0.25, 0.3) is 44.2 Å². The third-order valence-electron chi connectivity index (χ3n) is 8.82. The van der Waals surface area contributed by atoms with Crippen LogP contribution < -0.4 is 0 Å². The number of rotatable bonds is 4. The topological polar surface area (TPSA) is 0 Å². The number of hydrogen-bond donors (Lipinski definition) is 0. The first kappa shape index (κ1) is 24.9. The molecular formula is C41H27Cl. The summed E-state index contributed by atoms with van der Waals surface area (Å²) >= 11 is 6.66. The van der Waals surface area contributed by atoms with Crippen LogP contribution in [-0.4, -0.2) is 0 Å². The third-order valence-corrected chi connectivity index (χ3v) is 9.05. The molecule has 0 aliphatic heterocycles. The summed E-state index contributed by atoms with van der Waals surface area (Å²) in [6.45, 7) is 0. The van der Waals surface area contributed by atoms with E-state index < -0.39 is 5.41 Å². The highest BCUT2D eigenvalue weighted by molar-refractivity contribution is 6.31. The molecule has 0 unspecified atom stereocenters. The van der Waals surface area contributed by atoms with Crippen molar-refractivity contribution in [3.8, 4) is 33.4 Å². The normalized spacial score (nSPS) is 13.1. The molecule has 0 radical (unpaired) electrons. The van der Waals surface area contributed by atoms with Crippen LogP contribution in [0, 0.1) is 0 Å².